The zero-order chi connectivity index (χ0) is 36.7. The summed E-state index contributed by atoms with van der Waals surface area (Å²) >= 11 is 0. The molecule has 2 aliphatic rings. The van der Waals surface area contributed by atoms with Crippen LogP contribution in [0.25, 0.3) is 32.3 Å². The summed E-state index contributed by atoms with van der Waals surface area (Å²) in [5.41, 5.74) is 15.3. The lowest BCUT2D eigenvalue weighted by Crippen LogP contribution is -2.57. The topological polar surface area (TPSA) is 6.48 Å². The molecule has 0 unspecified atom stereocenters. The third kappa shape index (κ3) is 4.47. The van der Waals surface area contributed by atoms with E-state index in [1.54, 1.807) is 0 Å². The number of para-hydroxylation sites is 6. The summed E-state index contributed by atoms with van der Waals surface area (Å²) in [6.07, 6.45) is 0. The van der Waals surface area contributed by atoms with Gasteiger partial charge in [0.2, 0.25) is 13.4 Å². The summed E-state index contributed by atoms with van der Waals surface area (Å²) in [5.74, 6) is 0. The standard InChI is InChI=1S/C52H34B2N2/c1-3-15-37(16-4-1)55-47-23-11-7-19-43(47)53(44-20-8-12-24-48(44)55)41-33-29-35-27-28-36-30-34-42(40-32-31-39(41)51(35)52(36)40)54-45-21-9-13-25-49(45)56(38-17-5-2-6-18-38)50-26-14-10-22-46(50)54/h1-34H. The first-order valence-corrected chi connectivity index (χ1v) is 19.6. The molecule has 2 aliphatic heterocycles. The molecule has 4 heteroatoms. The first-order valence-electron chi connectivity index (χ1n) is 19.6. The Hall–Kier alpha value is -7.03. The van der Waals surface area contributed by atoms with E-state index >= 15 is 0 Å². The van der Waals surface area contributed by atoms with E-state index in [0.717, 1.165) is 0 Å². The summed E-state index contributed by atoms with van der Waals surface area (Å²) in [5, 5.41) is 7.90. The summed E-state index contributed by atoms with van der Waals surface area (Å²) in [7, 11) is 0. The van der Waals surface area contributed by atoms with Crippen molar-refractivity contribution < 1.29 is 0 Å². The van der Waals surface area contributed by atoms with Gasteiger partial charge in [0, 0.05) is 34.1 Å². The first kappa shape index (κ1) is 31.3. The van der Waals surface area contributed by atoms with Crippen LogP contribution in [0.1, 0.15) is 0 Å². The fourth-order valence-electron chi connectivity index (χ4n) is 10.1. The predicted molar refractivity (Wildman–Crippen MR) is 242 cm³/mol. The van der Waals surface area contributed by atoms with Gasteiger partial charge in [-0.05, 0) is 103 Å². The van der Waals surface area contributed by atoms with Crippen LogP contribution in [0.15, 0.2) is 206 Å². The number of benzene rings is 10. The average Bonchev–Trinajstić information content (AvgIpc) is 3.27. The van der Waals surface area contributed by atoms with Gasteiger partial charge in [-0.3, -0.25) is 0 Å². The van der Waals surface area contributed by atoms with Crippen LogP contribution in [0.5, 0.6) is 0 Å². The van der Waals surface area contributed by atoms with Gasteiger partial charge < -0.3 is 9.80 Å². The molecule has 10 aromatic rings. The number of nitrogens with zero attached hydrogens (tertiary/aromatic N) is 2. The highest BCUT2D eigenvalue weighted by atomic mass is 15.2. The number of fused-ring (bicyclic) bond motifs is 4. The van der Waals surface area contributed by atoms with Crippen molar-refractivity contribution in [1.29, 1.82) is 0 Å². The molecule has 0 radical (unpaired) electrons. The van der Waals surface area contributed by atoms with Crippen LogP contribution < -0.4 is 42.6 Å². The molecule has 0 atom stereocenters. The van der Waals surface area contributed by atoms with Gasteiger partial charge in [0.15, 0.2) is 0 Å². The number of anilines is 6. The minimum Gasteiger partial charge on any atom is -0.312 e. The normalized spacial score (nSPS) is 13.2. The van der Waals surface area contributed by atoms with E-state index in [0.29, 0.717) is 0 Å². The Morgan fingerprint density at radius 3 is 0.911 bits per heavy atom. The first-order chi connectivity index (χ1) is 27.8. The number of rotatable bonds is 4. The van der Waals surface area contributed by atoms with Crippen LogP contribution in [0.4, 0.5) is 34.1 Å². The molecule has 0 saturated carbocycles. The molecule has 2 nitrogen and oxygen atoms in total. The molecular formula is C52H34B2N2. The molecule has 56 heavy (non-hydrogen) atoms. The Morgan fingerprint density at radius 2 is 0.554 bits per heavy atom. The van der Waals surface area contributed by atoms with E-state index in [1.807, 2.05) is 0 Å². The van der Waals surface area contributed by atoms with Gasteiger partial charge in [-0.25, -0.2) is 0 Å². The zero-order valence-electron chi connectivity index (χ0n) is 30.7. The molecule has 0 fully saturated rings. The predicted octanol–water partition coefficient (Wildman–Crippen LogP) is 9.18. The fourth-order valence-corrected chi connectivity index (χ4v) is 10.1. The molecule has 0 N–H and O–H groups in total. The third-order valence-electron chi connectivity index (χ3n) is 12.3. The van der Waals surface area contributed by atoms with E-state index in [1.165, 1.54) is 99.2 Å². The van der Waals surface area contributed by atoms with Gasteiger partial charge in [0.25, 0.3) is 0 Å². The number of hydrogen-bond donors (Lipinski definition) is 0. The molecule has 0 bridgehead atoms. The van der Waals surface area contributed by atoms with Crippen LogP contribution in [-0.2, 0) is 0 Å². The maximum absolute atomic E-state index is 2.43. The van der Waals surface area contributed by atoms with Gasteiger partial charge in [0.1, 0.15) is 0 Å². The quantitative estimate of drug-likeness (QED) is 0.133. The van der Waals surface area contributed by atoms with Crippen molar-refractivity contribution in [3.63, 3.8) is 0 Å². The smallest absolute Gasteiger partial charge is 0.247 e. The van der Waals surface area contributed by atoms with E-state index in [2.05, 4.69) is 216 Å². The Morgan fingerprint density at radius 1 is 0.250 bits per heavy atom. The van der Waals surface area contributed by atoms with E-state index in [-0.39, 0.29) is 13.4 Å². The summed E-state index contributed by atoms with van der Waals surface area (Å²) in [4.78, 5) is 4.87. The third-order valence-corrected chi connectivity index (χ3v) is 12.3. The molecule has 0 saturated heterocycles. The van der Waals surface area contributed by atoms with E-state index in [4.69, 9.17) is 0 Å². The van der Waals surface area contributed by atoms with Crippen LogP contribution in [0, 0.1) is 0 Å². The van der Waals surface area contributed by atoms with Gasteiger partial charge in [-0.2, -0.15) is 0 Å². The number of hydrogen-bond acceptors (Lipinski definition) is 2. The molecule has 2 heterocycles. The molecule has 10 aromatic carbocycles. The average molecular weight is 708 g/mol. The Labute approximate surface area is 327 Å². The molecule has 0 aliphatic carbocycles. The fraction of sp³-hybridized carbons (Fsp3) is 0. The van der Waals surface area contributed by atoms with Gasteiger partial charge in [-0.15, -0.1) is 0 Å². The van der Waals surface area contributed by atoms with Crippen LogP contribution in [0.2, 0.25) is 0 Å². The minimum atomic E-state index is 0.0764. The van der Waals surface area contributed by atoms with Crippen molar-refractivity contribution in [1.82, 2.24) is 0 Å². The minimum absolute atomic E-state index is 0.0764. The van der Waals surface area contributed by atoms with Crippen LogP contribution in [-0.4, -0.2) is 13.4 Å². The maximum Gasteiger partial charge on any atom is 0.247 e. The van der Waals surface area contributed by atoms with Gasteiger partial charge >= 0.3 is 0 Å². The van der Waals surface area contributed by atoms with Crippen LogP contribution >= 0.6 is 0 Å². The van der Waals surface area contributed by atoms with Gasteiger partial charge in [-0.1, -0.05) is 169 Å². The highest BCUT2D eigenvalue weighted by Gasteiger charge is 2.38. The summed E-state index contributed by atoms with van der Waals surface area (Å²) < 4.78 is 0. The lowest BCUT2D eigenvalue weighted by Gasteiger charge is -2.37. The summed E-state index contributed by atoms with van der Waals surface area (Å²) in [6.45, 7) is 0.153. The van der Waals surface area contributed by atoms with Crippen molar-refractivity contribution in [2.45, 2.75) is 0 Å². The highest BCUT2D eigenvalue weighted by molar-refractivity contribution is 7.00. The SMILES string of the molecule is c1ccc(N2c3ccccc3B(c3ccc4ccc5ccc(B6c7ccccc7N(c7ccccc7)c7ccccc76)c6ccc3c4c56)c3ccccc32)cc1. The molecule has 0 amide bonds. The highest BCUT2D eigenvalue weighted by Crippen LogP contribution is 2.39. The van der Waals surface area contributed by atoms with Crippen molar-refractivity contribution in [3.05, 3.63) is 206 Å². The van der Waals surface area contributed by atoms with Crippen molar-refractivity contribution in [2.75, 3.05) is 9.80 Å². The Balaban J connectivity index is 1.09. The second-order valence-electron chi connectivity index (χ2n) is 15.2. The lowest BCUT2D eigenvalue weighted by atomic mass is 9.34. The van der Waals surface area contributed by atoms with Crippen molar-refractivity contribution >= 4 is 113 Å². The van der Waals surface area contributed by atoms with Gasteiger partial charge in [0.05, 0.1) is 0 Å². The van der Waals surface area contributed by atoms with Crippen molar-refractivity contribution in [2.24, 2.45) is 0 Å². The molecule has 258 valence electrons. The largest absolute Gasteiger partial charge is 0.312 e. The molecule has 12 rings (SSSR count). The molecular weight excluding hydrogens is 674 g/mol. The van der Waals surface area contributed by atoms with E-state index < -0.39 is 0 Å². The summed E-state index contributed by atoms with van der Waals surface area (Å²) in [6, 6.07) is 76.5. The van der Waals surface area contributed by atoms with Crippen molar-refractivity contribution in [3.8, 4) is 0 Å². The monoisotopic (exact) mass is 708 g/mol. The maximum atomic E-state index is 2.43. The van der Waals surface area contributed by atoms with E-state index in [9.17, 15) is 0 Å². The Bertz CT molecular complexity index is 2820. The second kappa shape index (κ2) is 12.2. The van der Waals surface area contributed by atoms with Crippen LogP contribution in [0.3, 0.4) is 0 Å². The molecule has 0 aromatic heterocycles. The molecule has 0 spiro atoms. The lowest BCUT2D eigenvalue weighted by molar-refractivity contribution is 1.29. The zero-order valence-corrected chi connectivity index (χ0v) is 30.7. The Kier molecular flexibility index (Phi) is 6.85. The second-order valence-corrected chi connectivity index (χ2v) is 15.2.